The van der Waals surface area contributed by atoms with Crippen molar-refractivity contribution in [1.82, 2.24) is 9.97 Å². The molecular weight excluding hydrogens is 255 g/mol. The normalized spacial score (nSPS) is 10.9. The lowest BCUT2D eigenvalue weighted by Gasteiger charge is -2.00. The fraction of sp³-hybridized carbons (Fsp3) is 0. The number of nitrogens with one attached hydrogen (secondary N) is 1. The molecule has 0 fully saturated rings. The maximum atomic E-state index is 6.08. The Balaban J connectivity index is 2.20. The van der Waals surface area contributed by atoms with Gasteiger partial charge in [-0.1, -0.05) is 41.4 Å². The van der Waals surface area contributed by atoms with E-state index in [0.717, 1.165) is 22.2 Å². The Hall–Kier alpha value is -1.51. The first-order valence-corrected chi connectivity index (χ1v) is 5.90. The number of para-hydroxylation sites is 1. The lowest BCUT2D eigenvalue weighted by Crippen LogP contribution is -1.83. The molecule has 0 aliphatic carbocycles. The van der Waals surface area contributed by atoms with E-state index in [1.807, 2.05) is 36.4 Å². The number of aromatic amines is 1. The standard InChI is InChI=1S/C13H8Cl2N2/c14-12-6-5-9(13(15)17-12)11-7-8-3-1-2-4-10(8)16-11/h1-7,16H. The molecule has 17 heavy (non-hydrogen) atoms. The average Bonchev–Trinajstić information content (AvgIpc) is 2.72. The van der Waals surface area contributed by atoms with Gasteiger partial charge in [-0.25, -0.2) is 4.98 Å². The van der Waals surface area contributed by atoms with Gasteiger partial charge in [-0.3, -0.25) is 0 Å². The lowest BCUT2D eigenvalue weighted by atomic mass is 10.2. The monoisotopic (exact) mass is 262 g/mol. The molecule has 0 aliphatic rings. The van der Waals surface area contributed by atoms with Crippen LogP contribution < -0.4 is 0 Å². The van der Waals surface area contributed by atoms with Crippen LogP contribution in [0.5, 0.6) is 0 Å². The summed E-state index contributed by atoms with van der Waals surface area (Å²) in [6.07, 6.45) is 0. The SMILES string of the molecule is Clc1ccc(-c2cc3ccccc3[nH]2)c(Cl)n1. The summed E-state index contributed by atoms with van der Waals surface area (Å²) in [6.45, 7) is 0. The molecule has 3 aromatic rings. The molecule has 1 aromatic carbocycles. The molecule has 0 amide bonds. The van der Waals surface area contributed by atoms with Gasteiger partial charge in [0.15, 0.2) is 0 Å². The fourth-order valence-electron chi connectivity index (χ4n) is 1.83. The van der Waals surface area contributed by atoms with Crippen LogP contribution in [0.25, 0.3) is 22.2 Å². The Bertz CT molecular complexity index is 656. The van der Waals surface area contributed by atoms with E-state index in [4.69, 9.17) is 23.2 Å². The smallest absolute Gasteiger partial charge is 0.140 e. The zero-order valence-electron chi connectivity index (χ0n) is 8.74. The van der Waals surface area contributed by atoms with Gasteiger partial charge in [0.05, 0.1) is 0 Å². The van der Waals surface area contributed by atoms with Gasteiger partial charge >= 0.3 is 0 Å². The zero-order valence-corrected chi connectivity index (χ0v) is 10.3. The largest absolute Gasteiger partial charge is 0.354 e. The maximum Gasteiger partial charge on any atom is 0.140 e. The third kappa shape index (κ3) is 1.90. The Morgan fingerprint density at radius 3 is 2.59 bits per heavy atom. The first-order valence-electron chi connectivity index (χ1n) is 5.14. The Morgan fingerprint density at radius 1 is 1.00 bits per heavy atom. The van der Waals surface area contributed by atoms with Gasteiger partial charge in [-0.2, -0.15) is 0 Å². The number of hydrogen-bond donors (Lipinski definition) is 1. The summed E-state index contributed by atoms with van der Waals surface area (Å²) in [7, 11) is 0. The highest BCUT2D eigenvalue weighted by atomic mass is 35.5. The van der Waals surface area contributed by atoms with E-state index >= 15 is 0 Å². The molecule has 4 heteroatoms. The van der Waals surface area contributed by atoms with Crippen LogP contribution in [0.2, 0.25) is 10.3 Å². The quantitative estimate of drug-likeness (QED) is 0.641. The molecular formula is C13H8Cl2N2. The number of benzene rings is 1. The van der Waals surface area contributed by atoms with Crippen molar-refractivity contribution in [3.63, 3.8) is 0 Å². The number of halogens is 2. The molecule has 0 saturated carbocycles. The van der Waals surface area contributed by atoms with Crippen molar-refractivity contribution in [2.24, 2.45) is 0 Å². The van der Waals surface area contributed by atoms with Crippen molar-refractivity contribution >= 4 is 34.1 Å². The minimum atomic E-state index is 0.398. The highest BCUT2D eigenvalue weighted by Crippen LogP contribution is 2.29. The molecule has 0 radical (unpaired) electrons. The zero-order chi connectivity index (χ0) is 11.8. The minimum absolute atomic E-state index is 0.398. The summed E-state index contributed by atoms with van der Waals surface area (Å²) < 4.78 is 0. The Labute approximate surface area is 108 Å². The van der Waals surface area contributed by atoms with E-state index < -0.39 is 0 Å². The van der Waals surface area contributed by atoms with E-state index in [2.05, 4.69) is 9.97 Å². The summed E-state index contributed by atoms with van der Waals surface area (Å²) in [5.74, 6) is 0. The summed E-state index contributed by atoms with van der Waals surface area (Å²) in [5, 5.41) is 1.95. The highest BCUT2D eigenvalue weighted by Gasteiger charge is 2.08. The molecule has 2 heterocycles. The second-order valence-electron chi connectivity index (χ2n) is 3.74. The van der Waals surface area contributed by atoms with Crippen LogP contribution in [0.1, 0.15) is 0 Å². The topological polar surface area (TPSA) is 28.7 Å². The van der Waals surface area contributed by atoms with E-state index in [1.165, 1.54) is 0 Å². The van der Waals surface area contributed by atoms with Crippen LogP contribution in [0.4, 0.5) is 0 Å². The molecule has 0 atom stereocenters. The fourth-order valence-corrected chi connectivity index (χ4v) is 2.28. The van der Waals surface area contributed by atoms with Crippen molar-refractivity contribution in [2.45, 2.75) is 0 Å². The highest BCUT2D eigenvalue weighted by molar-refractivity contribution is 6.34. The molecule has 3 rings (SSSR count). The van der Waals surface area contributed by atoms with Crippen molar-refractivity contribution in [3.05, 3.63) is 52.8 Å². The summed E-state index contributed by atoms with van der Waals surface area (Å²) in [6, 6.07) is 13.7. The second-order valence-corrected chi connectivity index (χ2v) is 4.49. The number of rotatable bonds is 1. The molecule has 0 unspecified atom stereocenters. The number of nitrogens with zero attached hydrogens (tertiary/aromatic N) is 1. The van der Waals surface area contributed by atoms with Gasteiger partial charge in [-0.05, 0) is 24.3 Å². The Morgan fingerprint density at radius 2 is 1.82 bits per heavy atom. The number of pyridine rings is 1. The van der Waals surface area contributed by atoms with Crippen LogP contribution in [-0.2, 0) is 0 Å². The maximum absolute atomic E-state index is 6.08. The van der Waals surface area contributed by atoms with Crippen molar-refractivity contribution < 1.29 is 0 Å². The van der Waals surface area contributed by atoms with Gasteiger partial charge < -0.3 is 4.98 Å². The number of aromatic nitrogens is 2. The Kier molecular flexibility index (Phi) is 2.54. The predicted molar refractivity (Wildman–Crippen MR) is 71.5 cm³/mol. The van der Waals surface area contributed by atoms with E-state index in [0.29, 0.717) is 10.3 Å². The van der Waals surface area contributed by atoms with Gasteiger partial charge in [-0.15, -0.1) is 0 Å². The van der Waals surface area contributed by atoms with Crippen LogP contribution >= 0.6 is 23.2 Å². The summed E-state index contributed by atoms with van der Waals surface area (Å²) in [5.41, 5.74) is 2.88. The van der Waals surface area contributed by atoms with Crippen molar-refractivity contribution in [2.75, 3.05) is 0 Å². The minimum Gasteiger partial charge on any atom is -0.354 e. The van der Waals surface area contributed by atoms with Crippen LogP contribution in [0.15, 0.2) is 42.5 Å². The van der Waals surface area contributed by atoms with Crippen molar-refractivity contribution in [3.8, 4) is 11.3 Å². The number of fused-ring (bicyclic) bond motifs is 1. The van der Waals surface area contributed by atoms with Crippen LogP contribution in [0, 0.1) is 0 Å². The summed E-state index contributed by atoms with van der Waals surface area (Å²) >= 11 is 11.9. The molecule has 0 bridgehead atoms. The van der Waals surface area contributed by atoms with Crippen molar-refractivity contribution in [1.29, 1.82) is 0 Å². The van der Waals surface area contributed by atoms with Gasteiger partial charge in [0.2, 0.25) is 0 Å². The van der Waals surface area contributed by atoms with E-state index in [9.17, 15) is 0 Å². The third-order valence-electron chi connectivity index (χ3n) is 2.63. The second kappa shape index (κ2) is 4.06. The molecule has 0 spiro atoms. The molecule has 0 saturated heterocycles. The number of H-pyrrole nitrogens is 1. The molecule has 2 aromatic heterocycles. The van der Waals surface area contributed by atoms with Crippen LogP contribution in [0.3, 0.4) is 0 Å². The van der Waals surface area contributed by atoms with Gasteiger partial charge in [0.25, 0.3) is 0 Å². The molecule has 84 valence electrons. The molecule has 2 nitrogen and oxygen atoms in total. The van der Waals surface area contributed by atoms with E-state index in [1.54, 1.807) is 6.07 Å². The third-order valence-corrected chi connectivity index (χ3v) is 3.13. The molecule has 0 aliphatic heterocycles. The average molecular weight is 263 g/mol. The first kappa shape index (κ1) is 10.6. The molecule has 1 N–H and O–H groups in total. The predicted octanol–water partition coefficient (Wildman–Crippen LogP) is 4.54. The summed E-state index contributed by atoms with van der Waals surface area (Å²) in [4.78, 5) is 7.34. The lowest BCUT2D eigenvalue weighted by molar-refractivity contribution is 1.31. The van der Waals surface area contributed by atoms with E-state index in [-0.39, 0.29) is 0 Å². The van der Waals surface area contributed by atoms with Crippen LogP contribution in [-0.4, -0.2) is 9.97 Å². The van der Waals surface area contributed by atoms with Gasteiger partial charge in [0, 0.05) is 22.2 Å². The van der Waals surface area contributed by atoms with Gasteiger partial charge in [0.1, 0.15) is 10.3 Å². The first-order chi connectivity index (χ1) is 8.24. The number of hydrogen-bond acceptors (Lipinski definition) is 1.